The Morgan fingerprint density at radius 1 is 1.16 bits per heavy atom. The predicted molar refractivity (Wildman–Crippen MR) is 83.0 cm³/mol. The summed E-state index contributed by atoms with van der Waals surface area (Å²) in [5.41, 5.74) is 0.558. The molecule has 0 atom stereocenters. The van der Waals surface area contributed by atoms with Crippen LogP contribution in [0.3, 0.4) is 0 Å². The van der Waals surface area contributed by atoms with Crippen molar-refractivity contribution in [1.82, 2.24) is 5.32 Å². The molecule has 0 amide bonds. The third kappa shape index (κ3) is 3.91. The van der Waals surface area contributed by atoms with Crippen LogP contribution >= 0.6 is 22.6 Å². The van der Waals surface area contributed by atoms with Gasteiger partial charge in [-0.1, -0.05) is 13.0 Å². The lowest BCUT2D eigenvalue weighted by atomic mass is 10.2. The monoisotopic (exact) mass is 371 g/mol. The van der Waals surface area contributed by atoms with Crippen molar-refractivity contribution >= 4 is 22.6 Å². The highest BCUT2D eigenvalue weighted by Gasteiger charge is 2.09. The summed E-state index contributed by atoms with van der Waals surface area (Å²) < 4.78 is 20.7. The summed E-state index contributed by atoms with van der Waals surface area (Å²) >= 11 is 2.23. The summed E-state index contributed by atoms with van der Waals surface area (Å²) in [5, 5.41) is 3.12. The fourth-order valence-electron chi connectivity index (χ4n) is 1.69. The summed E-state index contributed by atoms with van der Waals surface area (Å²) in [7, 11) is 0. The van der Waals surface area contributed by atoms with Crippen molar-refractivity contribution in [1.29, 1.82) is 0 Å². The number of hydrogen-bond acceptors (Lipinski definition) is 2. The minimum absolute atomic E-state index is 0.246. The van der Waals surface area contributed by atoms with Crippen LogP contribution in [0, 0.1) is 9.39 Å². The SMILES string of the molecule is CCNCc1c(F)cccc1Oc1ccc(I)cc1. The van der Waals surface area contributed by atoms with Gasteiger partial charge in [-0.2, -0.15) is 0 Å². The van der Waals surface area contributed by atoms with Gasteiger partial charge in [0.15, 0.2) is 0 Å². The molecule has 19 heavy (non-hydrogen) atoms. The maximum atomic E-state index is 13.8. The molecule has 2 rings (SSSR count). The lowest BCUT2D eigenvalue weighted by Crippen LogP contribution is -2.13. The molecule has 0 aliphatic heterocycles. The zero-order valence-corrected chi connectivity index (χ0v) is 12.8. The van der Waals surface area contributed by atoms with Gasteiger partial charge in [0.05, 0.1) is 0 Å². The molecule has 0 saturated carbocycles. The Labute approximate surface area is 126 Å². The molecule has 2 aromatic rings. The highest BCUT2D eigenvalue weighted by atomic mass is 127. The van der Waals surface area contributed by atoms with Crippen LogP contribution in [0.2, 0.25) is 0 Å². The highest BCUT2D eigenvalue weighted by Crippen LogP contribution is 2.27. The van der Waals surface area contributed by atoms with E-state index >= 15 is 0 Å². The number of rotatable bonds is 5. The van der Waals surface area contributed by atoms with Gasteiger partial charge in [0.1, 0.15) is 17.3 Å². The van der Waals surface area contributed by atoms with Crippen LogP contribution in [0.5, 0.6) is 11.5 Å². The first-order valence-corrected chi connectivity index (χ1v) is 7.20. The molecule has 4 heteroatoms. The topological polar surface area (TPSA) is 21.3 Å². The van der Waals surface area contributed by atoms with E-state index in [9.17, 15) is 4.39 Å². The first-order valence-electron chi connectivity index (χ1n) is 6.12. The molecule has 0 aliphatic rings. The zero-order chi connectivity index (χ0) is 13.7. The van der Waals surface area contributed by atoms with E-state index in [2.05, 4.69) is 27.9 Å². The van der Waals surface area contributed by atoms with Crippen molar-refractivity contribution in [2.45, 2.75) is 13.5 Å². The number of halogens is 2. The minimum Gasteiger partial charge on any atom is -0.457 e. The fraction of sp³-hybridized carbons (Fsp3) is 0.200. The molecule has 0 saturated heterocycles. The molecule has 1 N–H and O–H groups in total. The van der Waals surface area contributed by atoms with Crippen molar-refractivity contribution in [2.24, 2.45) is 0 Å². The van der Waals surface area contributed by atoms with Crippen molar-refractivity contribution in [3.8, 4) is 11.5 Å². The van der Waals surface area contributed by atoms with Crippen LogP contribution in [0.1, 0.15) is 12.5 Å². The Bertz CT molecular complexity index is 542. The largest absolute Gasteiger partial charge is 0.457 e. The summed E-state index contributed by atoms with van der Waals surface area (Å²) in [4.78, 5) is 0. The molecule has 0 radical (unpaired) electrons. The number of hydrogen-bond donors (Lipinski definition) is 1. The normalized spacial score (nSPS) is 10.5. The van der Waals surface area contributed by atoms with Gasteiger partial charge in [0.25, 0.3) is 0 Å². The Morgan fingerprint density at radius 2 is 1.89 bits per heavy atom. The predicted octanol–water partition coefficient (Wildman–Crippen LogP) is 4.33. The minimum atomic E-state index is -0.246. The average Bonchev–Trinajstić information content (AvgIpc) is 2.41. The van der Waals surface area contributed by atoms with Crippen molar-refractivity contribution in [3.63, 3.8) is 0 Å². The van der Waals surface area contributed by atoms with Crippen LogP contribution in [-0.2, 0) is 6.54 Å². The van der Waals surface area contributed by atoms with Crippen LogP contribution in [-0.4, -0.2) is 6.54 Å². The quantitative estimate of drug-likeness (QED) is 0.790. The average molecular weight is 371 g/mol. The highest BCUT2D eigenvalue weighted by molar-refractivity contribution is 14.1. The number of benzene rings is 2. The summed E-state index contributed by atoms with van der Waals surface area (Å²) in [6.07, 6.45) is 0. The third-order valence-corrected chi connectivity index (χ3v) is 3.39. The lowest BCUT2D eigenvalue weighted by molar-refractivity contribution is 0.462. The van der Waals surface area contributed by atoms with Crippen LogP contribution in [0.25, 0.3) is 0 Å². The molecule has 0 spiro atoms. The van der Waals surface area contributed by atoms with E-state index in [-0.39, 0.29) is 5.82 Å². The molecule has 0 bridgehead atoms. The van der Waals surface area contributed by atoms with E-state index in [0.717, 1.165) is 10.1 Å². The molecule has 2 nitrogen and oxygen atoms in total. The summed E-state index contributed by atoms with van der Waals surface area (Å²) in [6.45, 7) is 3.24. The fourth-order valence-corrected chi connectivity index (χ4v) is 2.05. The van der Waals surface area contributed by atoms with Gasteiger partial charge < -0.3 is 10.1 Å². The van der Waals surface area contributed by atoms with Crippen molar-refractivity contribution < 1.29 is 9.13 Å². The Morgan fingerprint density at radius 3 is 2.58 bits per heavy atom. The summed E-state index contributed by atoms with van der Waals surface area (Å²) in [5.74, 6) is 1.02. The van der Waals surface area contributed by atoms with Gasteiger partial charge in [-0.25, -0.2) is 4.39 Å². The molecule has 0 aromatic heterocycles. The van der Waals surface area contributed by atoms with E-state index in [1.165, 1.54) is 6.07 Å². The second kappa shape index (κ2) is 6.86. The number of ether oxygens (including phenoxy) is 1. The molecular weight excluding hydrogens is 356 g/mol. The Kier molecular flexibility index (Phi) is 5.15. The molecule has 0 aliphatic carbocycles. The van der Waals surface area contributed by atoms with Crippen molar-refractivity contribution in [2.75, 3.05) is 6.54 Å². The standard InChI is InChI=1S/C15H15FINO/c1-2-18-10-13-14(16)4-3-5-15(13)19-12-8-6-11(17)7-9-12/h3-9,18H,2,10H2,1H3. The molecule has 0 unspecified atom stereocenters. The van der Waals surface area contributed by atoms with E-state index in [0.29, 0.717) is 23.6 Å². The first-order chi connectivity index (χ1) is 9.20. The second-order valence-electron chi connectivity index (χ2n) is 4.05. The molecule has 0 fully saturated rings. The van der Waals surface area contributed by atoms with E-state index in [1.54, 1.807) is 12.1 Å². The van der Waals surface area contributed by atoms with Gasteiger partial charge in [-0.3, -0.25) is 0 Å². The van der Waals surface area contributed by atoms with Gasteiger partial charge in [-0.15, -0.1) is 0 Å². The summed E-state index contributed by atoms with van der Waals surface area (Å²) in [6, 6.07) is 12.6. The second-order valence-corrected chi connectivity index (χ2v) is 5.30. The zero-order valence-electron chi connectivity index (χ0n) is 10.6. The smallest absolute Gasteiger partial charge is 0.134 e. The van der Waals surface area contributed by atoms with Gasteiger partial charge in [0, 0.05) is 15.7 Å². The van der Waals surface area contributed by atoms with Gasteiger partial charge in [0.2, 0.25) is 0 Å². The van der Waals surface area contributed by atoms with Gasteiger partial charge in [-0.05, 0) is 65.5 Å². The van der Waals surface area contributed by atoms with E-state index in [4.69, 9.17) is 4.74 Å². The van der Waals surface area contributed by atoms with Crippen LogP contribution < -0.4 is 10.1 Å². The maximum absolute atomic E-state index is 13.8. The molecule has 2 aromatic carbocycles. The van der Waals surface area contributed by atoms with Crippen LogP contribution in [0.15, 0.2) is 42.5 Å². The van der Waals surface area contributed by atoms with Gasteiger partial charge >= 0.3 is 0 Å². The molecule has 0 heterocycles. The molecular formula is C15H15FINO. The maximum Gasteiger partial charge on any atom is 0.134 e. The number of nitrogens with one attached hydrogen (secondary N) is 1. The molecule has 100 valence electrons. The van der Waals surface area contributed by atoms with Crippen molar-refractivity contribution in [3.05, 3.63) is 57.4 Å². The Hall–Kier alpha value is -1.14. The van der Waals surface area contributed by atoms with E-state index in [1.807, 2.05) is 31.2 Å². The first kappa shape index (κ1) is 14.3. The van der Waals surface area contributed by atoms with Crippen LogP contribution in [0.4, 0.5) is 4.39 Å². The third-order valence-electron chi connectivity index (χ3n) is 2.67. The Balaban J connectivity index is 2.23. The van der Waals surface area contributed by atoms with E-state index < -0.39 is 0 Å². The lowest BCUT2D eigenvalue weighted by Gasteiger charge is -2.12.